The van der Waals surface area contributed by atoms with Crippen molar-refractivity contribution < 1.29 is 24.5 Å². The molecule has 0 aromatic carbocycles. The first kappa shape index (κ1) is 15.9. The third-order valence-electron chi connectivity index (χ3n) is 3.41. The molecule has 1 rings (SSSR count). The van der Waals surface area contributed by atoms with Crippen LogP contribution in [0.4, 0.5) is 0 Å². The van der Waals surface area contributed by atoms with Crippen LogP contribution in [0.1, 0.15) is 33.1 Å². The molecule has 0 saturated carbocycles. The molecule has 0 unspecified atom stereocenters. The van der Waals surface area contributed by atoms with E-state index in [1.165, 1.54) is 0 Å². The molecule has 0 atom stereocenters. The fourth-order valence-electron chi connectivity index (χ4n) is 2.06. The van der Waals surface area contributed by atoms with Crippen molar-refractivity contribution in [2.24, 2.45) is 5.41 Å². The van der Waals surface area contributed by atoms with Gasteiger partial charge in [-0.25, -0.2) is 0 Å². The summed E-state index contributed by atoms with van der Waals surface area (Å²) in [6.07, 6.45) is 1.58. The van der Waals surface area contributed by atoms with Crippen molar-refractivity contribution >= 4 is 11.9 Å². The zero-order valence-corrected chi connectivity index (χ0v) is 11.6. The van der Waals surface area contributed by atoms with Crippen LogP contribution in [0.5, 0.6) is 0 Å². The van der Waals surface area contributed by atoms with E-state index in [1.54, 1.807) is 18.7 Å². The number of likely N-dealkylation sites (tertiary alicyclic amines) is 1. The number of carboxylic acids is 1. The van der Waals surface area contributed by atoms with Gasteiger partial charge in [0.25, 0.3) is 0 Å². The molecule has 6 nitrogen and oxygen atoms in total. The van der Waals surface area contributed by atoms with Crippen molar-refractivity contribution in [2.45, 2.75) is 39.2 Å². The van der Waals surface area contributed by atoms with Gasteiger partial charge in [0.05, 0.1) is 24.7 Å². The number of hydrogen-bond acceptors (Lipinski definition) is 4. The van der Waals surface area contributed by atoms with Crippen molar-refractivity contribution in [3.63, 3.8) is 0 Å². The van der Waals surface area contributed by atoms with E-state index < -0.39 is 11.4 Å². The van der Waals surface area contributed by atoms with Crippen LogP contribution < -0.4 is 0 Å². The molecule has 19 heavy (non-hydrogen) atoms. The van der Waals surface area contributed by atoms with Gasteiger partial charge in [0.2, 0.25) is 5.91 Å². The molecule has 6 heteroatoms. The first-order chi connectivity index (χ1) is 8.86. The Bertz CT molecular complexity index is 321. The predicted molar refractivity (Wildman–Crippen MR) is 68.7 cm³/mol. The number of aliphatic hydroxyl groups excluding tert-OH is 1. The van der Waals surface area contributed by atoms with Gasteiger partial charge in [-0.2, -0.15) is 0 Å². The van der Waals surface area contributed by atoms with Gasteiger partial charge in [0, 0.05) is 19.5 Å². The Kier molecular flexibility index (Phi) is 5.75. The van der Waals surface area contributed by atoms with Crippen LogP contribution in [0.15, 0.2) is 0 Å². The molecule has 0 aromatic rings. The highest BCUT2D eigenvalue weighted by atomic mass is 16.5. The first-order valence-corrected chi connectivity index (χ1v) is 6.60. The summed E-state index contributed by atoms with van der Waals surface area (Å²) < 4.78 is 5.42. The van der Waals surface area contributed by atoms with E-state index in [2.05, 4.69) is 0 Å². The van der Waals surface area contributed by atoms with Gasteiger partial charge >= 0.3 is 5.97 Å². The van der Waals surface area contributed by atoms with Crippen molar-refractivity contribution in [3.8, 4) is 0 Å². The molecule has 0 spiro atoms. The second-order valence-corrected chi connectivity index (χ2v) is 5.54. The number of aliphatic hydroxyl groups is 1. The van der Waals surface area contributed by atoms with Gasteiger partial charge in [-0.05, 0) is 26.7 Å². The molecule has 0 radical (unpaired) electrons. The summed E-state index contributed by atoms with van der Waals surface area (Å²) in [5, 5.41) is 17.7. The van der Waals surface area contributed by atoms with E-state index >= 15 is 0 Å². The molecule has 1 fully saturated rings. The van der Waals surface area contributed by atoms with Crippen molar-refractivity contribution in [2.75, 3.05) is 26.3 Å². The average molecular weight is 273 g/mol. The van der Waals surface area contributed by atoms with E-state index in [-0.39, 0.29) is 25.0 Å². The van der Waals surface area contributed by atoms with Gasteiger partial charge in [0.15, 0.2) is 0 Å². The first-order valence-electron chi connectivity index (χ1n) is 6.60. The van der Waals surface area contributed by atoms with Crippen molar-refractivity contribution in [1.82, 2.24) is 4.90 Å². The van der Waals surface area contributed by atoms with Crippen LogP contribution in [0, 0.1) is 5.41 Å². The molecule has 110 valence electrons. The Balaban J connectivity index is 2.39. The highest BCUT2D eigenvalue weighted by Gasteiger charge is 2.33. The van der Waals surface area contributed by atoms with E-state index in [4.69, 9.17) is 14.9 Å². The summed E-state index contributed by atoms with van der Waals surface area (Å²) in [5.41, 5.74) is -1.03. The summed E-state index contributed by atoms with van der Waals surface area (Å²) in [6, 6.07) is 0. The monoisotopic (exact) mass is 273 g/mol. The Labute approximate surface area is 113 Å². The average Bonchev–Trinajstić information content (AvgIpc) is 2.36. The normalized spacial score (nSPS) is 17.5. The molecule has 1 aliphatic heterocycles. The maximum absolute atomic E-state index is 12.0. The SMILES string of the molecule is CC(C)(CC(=O)N1CCC(OCCO)CC1)C(=O)O. The molecule has 2 N–H and O–H groups in total. The number of aliphatic carboxylic acids is 1. The van der Waals surface area contributed by atoms with Crippen LogP contribution in [0.25, 0.3) is 0 Å². The molecule has 0 aliphatic carbocycles. The number of piperidine rings is 1. The van der Waals surface area contributed by atoms with Gasteiger partial charge in [-0.3, -0.25) is 9.59 Å². The molecular weight excluding hydrogens is 250 g/mol. The van der Waals surface area contributed by atoms with E-state index in [9.17, 15) is 9.59 Å². The largest absolute Gasteiger partial charge is 0.481 e. The maximum Gasteiger partial charge on any atom is 0.309 e. The zero-order valence-electron chi connectivity index (χ0n) is 11.6. The summed E-state index contributed by atoms with van der Waals surface area (Å²) in [4.78, 5) is 24.7. The lowest BCUT2D eigenvalue weighted by molar-refractivity contribution is -0.152. The van der Waals surface area contributed by atoms with Crippen LogP contribution in [0.3, 0.4) is 0 Å². The zero-order chi connectivity index (χ0) is 14.5. The van der Waals surface area contributed by atoms with E-state index in [0.29, 0.717) is 19.7 Å². The number of hydrogen-bond donors (Lipinski definition) is 2. The van der Waals surface area contributed by atoms with Crippen molar-refractivity contribution in [3.05, 3.63) is 0 Å². The molecule has 0 aromatic heterocycles. The minimum atomic E-state index is -1.03. The van der Waals surface area contributed by atoms with Gasteiger partial charge in [0.1, 0.15) is 0 Å². The molecule has 1 aliphatic rings. The third-order valence-corrected chi connectivity index (χ3v) is 3.41. The molecule has 0 bridgehead atoms. The number of amides is 1. The Morgan fingerprint density at radius 3 is 2.37 bits per heavy atom. The summed E-state index contributed by atoms with van der Waals surface area (Å²) in [5.74, 6) is -1.07. The lowest BCUT2D eigenvalue weighted by Gasteiger charge is -2.33. The molecular formula is C13H23NO5. The number of carbonyl (C=O) groups excluding carboxylic acids is 1. The van der Waals surface area contributed by atoms with E-state index in [1.807, 2.05) is 0 Å². The quantitative estimate of drug-likeness (QED) is 0.735. The van der Waals surface area contributed by atoms with Crippen LogP contribution in [-0.4, -0.2) is 59.4 Å². The fraction of sp³-hybridized carbons (Fsp3) is 0.846. The summed E-state index contributed by atoms with van der Waals surface area (Å²) >= 11 is 0. The number of nitrogens with zero attached hydrogens (tertiary/aromatic N) is 1. The third kappa shape index (κ3) is 4.80. The minimum Gasteiger partial charge on any atom is -0.481 e. The Hall–Kier alpha value is -1.14. The smallest absolute Gasteiger partial charge is 0.309 e. The lowest BCUT2D eigenvalue weighted by atomic mass is 9.88. The second-order valence-electron chi connectivity index (χ2n) is 5.54. The topological polar surface area (TPSA) is 87.1 Å². The number of carbonyl (C=O) groups is 2. The van der Waals surface area contributed by atoms with Crippen LogP contribution in [-0.2, 0) is 14.3 Å². The standard InChI is InChI=1S/C13H23NO5/c1-13(2,12(17)18)9-11(16)14-5-3-10(4-6-14)19-8-7-15/h10,15H,3-9H2,1-2H3,(H,17,18). The number of ether oxygens (including phenoxy) is 1. The highest BCUT2D eigenvalue weighted by molar-refractivity contribution is 5.84. The molecule has 1 saturated heterocycles. The van der Waals surface area contributed by atoms with Gasteiger partial charge in [-0.1, -0.05) is 0 Å². The Morgan fingerprint density at radius 1 is 1.32 bits per heavy atom. The second kappa shape index (κ2) is 6.86. The number of carboxylic acid groups (broad SMARTS) is 1. The summed E-state index contributed by atoms with van der Waals surface area (Å²) in [7, 11) is 0. The molecule has 1 amide bonds. The number of rotatable bonds is 6. The minimum absolute atomic E-state index is 0.00590. The van der Waals surface area contributed by atoms with Gasteiger partial charge < -0.3 is 19.8 Å². The lowest BCUT2D eigenvalue weighted by Crippen LogP contribution is -2.43. The summed E-state index contributed by atoms with van der Waals surface area (Å²) in [6.45, 7) is 4.63. The van der Waals surface area contributed by atoms with Crippen LogP contribution in [0.2, 0.25) is 0 Å². The predicted octanol–water partition coefficient (Wildman–Crippen LogP) is 0.487. The maximum atomic E-state index is 12.0. The fourth-order valence-corrected chi connectivity index (χ4v) is 2.06. The van der Waals surface area contributed by atoms with E-state index in [0.717, 1.165) is 12.8 Å². The van der Waals surface area contributed by atoms with Crippen molar-refractivity contribution in [1.29, 1.82) is 0 Å². The van der Waals surface area contributed by atoms with Crippen LogP contribution >= 0.6 is 0 Å². The Morgan fingerprint density at radius 2 is 1.89 bits per heavy atom. The molecule has 1 heterocycles. The highest BCUT2D eigenvalue weighted by Crippen LogP contribution is 2.23. The van der Waals surface area contributed by atoms with Gasteiger partial charge in [-0.15, -0.1) is 0 Å².